The molecule has 40 heavy (non-hydrogen) atoms. The minimum Gasteiger partial charge on any atom is -0.508 e. The Morgan fingerprint density at radius 2 is 0.800 bits per heavy atom. The van der Waals surface area contributed by atoms with Crippen LogP contribution in [0.15, 0.2) is 91.2 Å². The molecule has 2 heterocycles. The van der Waals surface area contributed by atoms with Crippen LogP contribution in [0.4, 0.5) is 0 Å². The maximum absolute atomic E-state index is 14.1. The molecule has 6 rings (SSSR count). The van der Waals surface area contributed by atoms with Gasteiger partial charge in [0.05, 0.1) is 11.1 Å². The summed E-state index contributed by atoms with van der Waals surface area (Å²) in [6, 6.07) is 15.2. The fourth-order valence-electron chi connectivity index (χ4n) is 4.66. The molecule has 6 aromatic rings. The van der Waals surface area contributed by atoms with Crippen LogP contribution in [-0.2, 0) is 0 Å². The predicted octanol–water partition coefficient (Wildman–Crippen LogP) is 5.13. The molecule has 2 aromatic heterocycles. The van der Waals surface area contributed by atoms with Gasteiger partial charge in [0.1, 0.15) is 68.0 Å². The van der Waals surface area contributed by atoms with Crippen molar-refractivity contribution in [3.8, 4) is 68.3 Å². The summed E-state index contributed by atoms with van der Waals surface area (Å²) in [5, 5.41) is 60.2. The molecule has 6 N–H and O–H groups in total. The van der Waals surface area contributed by atoms with Crippen LogP contribution in [0.5, 0.6) is 34.5 Å². The van der Waals surface area contributed by atoms with Crippen molar-refractivity contribution in [1.82, 2.24) is 0 Å². The van der Waals surface area contributed by atoms with Crippen molar-refractivity contribution in [2.45, 2.75) is 0 Å². The van der Waals surface area contributed by atoms with E-state index >= 15 is 0 Å². The fourth-order valence-corrected chi connectivity index (χ4v) is 4.66. The predicted molar refractivity (Wildman–Crippen MR) is 145 cm³/mol. The van der Waals surface area contributed by atoms with Gasteiger partial charge in [0.2, 0.25) is 10.9 Å². The molecule has 0 aliphatic heterocycles. The zero-order valence-electron chi connectivity index (χ0n) is 20.2. The number of aromatic hydroxyl groups is 6. The average molecular weight is 538 g/mol. The van der Waals surface area contributed by atoms with Crippen molar-refractivity contribution in [2.75, 3.05) is 0 Å². The molecule has 0 unspecified atom stereocenters. The highest BCUT2D eigenvalue weighted by Crippen LogP contribution is 2.41. The number of phenolic OH excluding ortho intramolecular Hbond substituents is 6. The lowest BCUT2D eigenvalue weighted by molar-refractivity contribution is 0.451. The third kappa shape index (κ3) is 3.82. The Kier molecular flexibility index (Phi) is 5.40. The lowest BCUT2D eigenvalue weighted by atomic mass is 9.93. The molecule has 0 bridgehead atoms. The van der Waals surface area contributed by atoms with E-state index in [1.165, 1.54) is 48.5 Å². The van der Waals surface area contributed by atoms with Crippen LogP contribution in [-0.4, -0.2) is 30.6 Å². The Hall–Kier alpha value is -5.90. The molecule has 0 atom stereocenters. The van der Waals surface area contributed by atoms with E-state index in [1.54, 1.807) is 0 Å². The van der Waals surface area contributed by atoms with Gasteiger partial charge in [-0.05, 0) is 48.5 Å². The number of rotatable bonds is 3. The second-order valence-electron chi connectivity index (χ2n) is 9.04. The van der Waals surface area contributed by atoms with Gasteiger partial charge in [-0.25, -0.2) is 0 Å². The molecule has 198 valence electrons. The summed E-state index contributed by atoms with van der Waals surface area (Å²) in [5.74, 6) is -2.45. The summed E-state index contributed by atoms with van der Waals surface area (Å²) in [4.78, 5) is 28.2. The van der Waals surface area contributed by atoms with Crippen LogP contribution in [0.2, 0.25) is 0 Å². The summed E-state index contributed by atoms with van der Waals surface area (Å²) in [6.45, 7) is 0. The van der Waals surface area contributed by atoms with Crippen LogP contribution < -0.4 is 10.9 Å². The van der Waals surface area contributed by atoms with Crippen LogP contribution >= 0.6 is 0 Å². The molecular formula is C30H18O10. The lowest BCUT2D eigenvalue weighted by Crippen LogP contribution is -2.16. The summed E-state index contributed by atoms with van der Waals surface area (Å²) in [5.41, 5.74) is -2.26. The number of hydrogen-bond donors (Lipinski definition) is 6. The molecule has 0 aliphatic rings. The average Bonchev–Trinajstić information content (AvgIpc) is 2.89. The first-order valence-corrected chi connectivity index (χ1v) is 11.8. The van der Waals surface area contributed by atoms with Crippen molar-refractivity contribution in [3.05, 3.63) is 93.2 Å². The van der Waals surface area contributed by atoms with E-state index in [-0.39, 0.29) is 78.7 Å². The monoisotopic (exact) mass is 538 g/mol. The van der Waals surface area contributed by atoms with Gasteiger partial charge in [-0.1, -0.05) is 0 Å². The molecule has 0 radical (unpaired) electrons. The zero-order chi connectivity index (χ0) is 28.3. The normalized spacial score (nSPS) is 11.3. The molecule has 0 fully saturated rings. The Morgan fingerprint density at radius 3 is 1.15 bits per heavy atom. The minimum atomic E-state index is -0.855. The molecule has 10 nitrogen and oxygen atoms in total. The van der Waals surface area contributed by atoms with Gasteiger partial charge in [-0.2, -0.15) is 0 Å². The molecule has 0 spiro atoms. The second kappa shape index (κ2) is 8.84. The first-order valence-electron chi connectivity index (χ1n) is 11.8. The first kappa shape index (κ1) is 24.4. The number of phenols is 6. The topological polar surface area (TPSA) is 182 Å². The third-order valence-electron chi connectivity index (χ3n) is 6.43. The van der Waals surface area contributed by atoms with Gasteiger partial charge >= 0.3 is 0 Å². The Morgan fingerprint density at radius 1 is 0.450 bits per heavy atom. The van der Waals surface area contributed by atoms with Crippen molar-refractivity contribution < 1.29 is 39.5 Å². The van der Waals surface area contributed by atoms with E-state index in [0.29, 0.717) is 0 Å². The molecule has 0 saturated heterocycles. The molecule has 0 saturated carbocycles. The highest BCUT2D eigenvalue weighted by Gasteiger charge is 2.28. The highest BCUT2D eigenvalue weighted by molar-refractivity contribution is 5.99. The van der Waals surface area contributed by atoms with Crippen molar-refractivity contribution >= 4 is 21.9 Å². The van der Waals surface area contributed by atoms with Gasteiger partial charge in [0.25, 0.3) is 0 Å². The van der Waals surface area contributed by atoms with E-state index in [1.807, 2.05) is 0 Å². The van der Waals surface area contributed by atoms with Crippen molar-refractivity contribution in [3.63, 3.8) is 0 Å². The van der Waals surface area contributed by atoms with E-state index in [4.69, 9.17) is 8.83 Å². The van der Waals surface area contributed by atoms with Gasteiger partial charge in [0.15, 0.2) is 0 Å². The number of benzene rings is 4. The van der Waals surface area contributed by atoms with Crippen LogP contribution in [0, 0.1) is 0 Å². The summed E-state index contributed by atoms with van der Waals surface area (Å²) in [7, 11) is 0. The number of hydrogen-bond acceptors (Lipinski definition) is 10. The van der Waals surface area contributed by atoms with E-state index < -0.39 is 22.4 Å². The summed E-state index contributed by atoms with van der Waals surface area (Å²) < 4.78 is 12.0. The largest absolute Gasteiger partial charge is 0.508 e. The molecule has 0 amide bonds. The summed E-state index contributed by atoms with van der Waals surface area (Å²) in [6.07, 6.45) is 0. The maximum atomic E-state index is 14.1. The SMILES string of the molecule is O=c1c(-c2c(-c3ccc(O)cc3)oc3cc(O)cc(O)c3c2=O)c(-c2ccc(O)cc2)oc2cc(O)cc(O)c12. The Labute approximate surface area is 223 Å². The molecule has 0 aliphatic carbocycles. The van der Waals surface area contributed by atoms with E-state index in [0.717, 1.165) is 24.3 Å². The Bertz CT molecular complexity index is 1930. The maximum Gasteiger partial charge on any atom is 0.205 e. The van der Waals surface area contributed by atoms with Crippen molar-refractivity contribution in [2.24, 2.45) is 0 Å². The van der Waals surface area contributed by atoms with Crippen molar-refractivity contribution in [1.29, 1.82) is 0 Å². The fraction of sp³-hybridized carbons (Fsp3) is 0. The standard InChI is InChI=1S/C30H18O10/c31-15-5-1-13(2-6-15)29-25(27(37)23-19(35)9-17(33)11-21(23)39-29)26-28(38)24-20(36)10-18(34)12-22(24)40-30(26)14-3-7-16(32)8-4-14/h1-12,31-36H. The van der Waals surface area contributed by atoms with Gasteiger partial charge in [0, 0.05) is 35.4 Å². The second-order valence-corrected chi connectivity index (χ2v) is 9.04. The van der Waals surface area contributed by atoms with Crippen LogP contribution in [0.25, 0.3) is 55.7 Å². The smallest absolute Gasteiger partial charge is 0.205 e. The van der Waals surface area contributed by atoms with E-state index in [2.05, 4.69) is 0 Å². The van der Waals surface area contributed by atoms with Gasteiger partial charge in [-0.15, -0.1) is 0 Å². The number of fused-ring (bicyclic) bond motifs is 2. The first-order chi connectivity index (χ1) is 19.1. The van der Waals surface area contributed by atoms with E-state index in [9.17, 15) is 40.2 Å². The van der Waals surface area contributed by atoms with Gasteiger partial charge in [-0.3, -0.25) is 9.59 Å². The molecule has 10 heteroatoms. The quantitative estimate of drug-likeness (QED) is 0.177. The highest BCUT2D eigenvalue weighted by atomic mass is 16.3. The third-order valence-corrected chi connectivity index (χ3v) is 6.43. The van der Waals surface area contributed by atoms with Gasteiger partial charge < -0.3 is 39.5 Å². The minimum absolute atomic E-state index is 0.0801. The zero-order valence-corrected chi connectivity index (χ0v) is 20.2. The Balaban J connectivity index is 1.86. The summed E-state index contributed by atoms with van der Waals surface area (Å²) >= 11 is 0. The molecular weight excluding hydrogens is 520 g/mol. The van der Waals surface area contributed by atoms with Crippen LogP contribution in [0.3, 0.4) is 0 Å². The van der Waals surface area contributed by atoms with Crippen LogP contribution in [0.1, 0.15) is 0 Å². The lowest BCUT2D eigenvalue weighted by Gasteiger charge is -2.15. The molecule has 4 aromatic carbocycles.